The van der Waals surface area contributed by atoms with Gasteiger partial charge in [0.25, 0.3) is 11.8 Å². The first kappa shape index (κ1) is 23.4. The highest BCUT2D eigenvalue weighted by Crippen LogP contribution is 2.26. The van der Waals surface area contributed by atoms with Gasteiger partial charge in [-0.15, -0.1) is 0 Å². The molecule has 2 amide bonds. The standard InChI is InChI=1S/C24H16ClF2N3O3/c25-17-5-10-22(33-14-23(31)30-21-4-2-1-3-20(21)27)15(12-17)11-16(13-28)24(32)29-19-8-6-18(26)7-9-19/h1-12H,14H2,(H,29,32)(H,30,31)/b16-11+. The van der Waals surface area contributed by atoms with Crippen molar-refractivity contribution in [3.8, 4) is 11.8 Å². The Labute approximate surface area is 193 Å². The van der Waals surface area contributed by atoms with Gasteiger partial charge in [0.2, 0.25) is 0 Å². The number of carbonyl (C=O) groups is 2. The number of nitrogens with one attached hydrogen (secondary N) is 2. The van der Waals surface area contributed by atoms with E-state index in [1.807, 2.05) is 0 Å². The van der Waals surface area contributed by atoms with Crippen molar-refractivity contribution < 1.29 is 23.1 Å². The van der Waals surface area contributed by atoms with Crippen molar-refractivity contribution in [3.63, 3.8) is 0 Å². The second-order valence-electron chi connectivity index (χ2n) is 6.63. The molecule has 3 rings (SSSR count). The fourth-order valence-electron chi connectivity index (χ4n) is 2.69. The minimum atomic E-state index is -0.729. The van der Waals surface area contributed by atoms with E-state index >= 15 is 0 Å². The SMILES string of the molecule is N#C/C(=C\c1cc(Cl)ccc1OCC(=O)Nc1ccccc1F)C(=O)Nc1ccc(F)cc1. The summed E-state index contributed by atoms with van der Waals surface area (Å²) in [5.41, 5.74) is 0.302. The summed E-state index contributed by atoms with van der Waals surface area (Å²) in [5, 5.41) is 14.6. The molecule has 0 aliphatic carbocycles. The van der Waals surface area contributed by atoms with E-state index in [0.717, 1.165) is 0 Å². The van der Waals surface area contributed by atoms with Crippen LogP contribution in [0.4, 0.5) is 20.2 Å². The molecule has 6 nitrogen and oxygen atoms in total. The predicted molar refractivity (Wildman–Crippen MR) is 121 cm³/mol. The van der Waals surface area contributed by atoms with Crippen molar-refractivity contribution in [3.05, 3.63) is 94.5 Å². The van der Waals surface area contributed by atoms with E-state index in [2.05, 4.69) is 10.6 Å². The van der Waals surface area contributed by atoms with Gasteiger partial charge in [-0.3, -0.25) is 9.59 Å². The molecule has 33 heavy (non-hydrogen) atoms. The van der Waals surface area contributed by atoms with Crippen LogP contribution in [0.25, 0.3) is 6.08 Å². The zero-order valence-electron chi connectivity index (χ0n) is 16.9. The maximum Gasteiger partial charge on any atom is 0.266 e. The molecule has 0 unspecified atom stereocenters. The summed E-state index contributed by atoms with van der Waals surface area (Å²) < 4.78 is 32.2. The number of rotatable bonds is 7. The van der Waals surface area contributed by atoms with Gasteiger partial charge in [-0.2, -0.15) is 5.26 Å². The number of para-hydroxylation sites is 1. The number of hydrogen-bond acceptors (Lipinski definition) is 4. The monoisotopic (exact) mass is 467 g/mol. The lowest BCUT2D eigenvalue weighted by Crippen LogP contribution is -2.21. The van der Waals surface area contributed by atoms with Crippen molar-refractivity contribution in [2.45, 2.75) is 0 Å². The van der Waals surface area contributed by atoms with Crippen molar-refractivity contribution in [1.82, 2.24) is 0 Å². The van der Waals surface area contributed by atoms with Crippen molar-refractivity contribution in [2.75, 3.05) is 17.2 Å². The largest absolute Gasteiger partial charge is 0.483 e. The molecule has 166 valence electrons. The quantitative estimate of drug-likeness (QED) is 0.370. The van der Waals surface area contributed by atoms with Crippen LogP contribution in [0.1, 0.15) is 5.56 Å². The van der Waals surface area contributed by atoms with Gasteiger partial charge >= 0.3 is 0 Å². The normalized spacial score (nSPS) is 10.8. The van der Waals surface area contributed by atoms with E-state index in [9.17, 15) is 23.6 Å². The lowest BCUT2D eigenvalue weighted by atomic mass is 10.1. The lowest BCUT2D eigenvalue weighted by Gasteiger charge is -2.11. The average Bonchev–Trinajstić information content (AvgIpc) is 2.79. The summed E-state index contributed by atoms with van der Waals surface area (Å²) in [7, 11) is 0. The number of amides is 2. The summed E-state index contributed by atoms with van der Waals surface area (Å²) in [6.07, 6.45) is 1.24. The highest BCUT2D eigenvalue weighted by molar-refractivity contribution is 6.30. The van der Waals surface area contributed by atoms with E-state index in [1.54, 1.807) is 12.1 Å². The number of nitriles is 1. The van der Waals surface area contributed by atoms with E-state index < -0.39 is 30.1 Å². The lowest BCUT2D eigenvalue weighted by molar-refractivity contribution is -0.118. The van der Waals surface area contributed by atoms with Crippen molar-refractivity contribution in [1.29, 1.82) is 5.26 Å². The number of carbonyl (C=O) groups excluding carboxylic acids is 2. The zero-order chi connectivity index (χ0) is 23.8. The Morgan fingerprint density at radius 2 is 1.76 bits per heavy atom. The fraction of sp³-hybridized carbons (Fsp3) is 0.0417. The smallest absolute Gasteiger partial charge is 0.266 e. The summed E-state index contributed by atoms with van der Waals surface area (Å²) in [6.45, 7) is -0.458. The van der Waals surface area contributed by atoms with Gasteiger partial charge < -0.3 is 15.4 Å². The Balaban J connectivity index is 1.75. The molecule has 0 radical (unpaired) electrons. The Kier molecular flexibility index (Phi) is 7.73. The van der Waals surface area contributed by atoms with Gasteiger partial charge in [0.15, 0.2) is 6.61 Å². The molecule has 0 saturated carbocycles. The maximum absolute atomic E-state index is 13.7. The van der Waals surface area contributed by atoms with Crippen LogP contribution < -0.4 is 15.4 Å². The summed E-state index contributed by atoms with van der Waals surface area (Å²) in [5.74, 6) is -2.23. The highest BCUT2D eigenvalue weighted by Gasteiger charge is 2.13. The van der Waals surface area contributed by atoms with Gasteiger partial charge in [-0.25, -0.2) is 8.78 Å². The van der Waals surface area contributed by atoms with Crippen LogP contribution in [-0.4, -0.2) is 18.4 Å². The van der Waals surface area contributed by atoms with Gasteiger partial charge in [-0.1, -0.05) is 23.7 Å². The molecule has 0 heterocycles. The van der Waals surface area contributed by atoms with Gasteiger partial charge in [-0.05, 0) is 60.7 Å². The second-order valence-corrected chi connectivity index (χ2v) is 7.07. The molecule has 2 N–H and O–H groups in total. The number of nitrogens with zero attached hydrogens (tertiary/aromatic N) is 1. The summed E-state index contributed by atoms with van der Waals surface area (Å²) in [4.78, 5) is 24.6. The molecule has 9 heteroatoms. The van der Waals surface area contributed by atoms with Crippen LogP contribution in [-0.2, 0) is 9.59 Å². The predicted octanol–water partition coefficient (Wildman–Crippen LogP) is 5.18. The molecule has 3 aromatic carbocycles. The molecule has 0 bridgehead atoms. The molecule has 3 aromatic rings. The molecular formula is C24H16ClF2N3O3. The molecule has 0 atom stereocenters. The number of ether oxygens (including phenoxy) is 1. The average molecular weight is 468 g/mol. The van der Waals surface area contributed by atoms with Gasteiger partial charge in [0, 0.05) is 16.3 Å². The van der Waals surface area contributed by atoms with E-state index in [0.29, 0.717) is 10.7 Å². The minimum absolute atomic E-state index is 0.00607. The van der Waals surface area contributed by atoms with E-state index in [-0.39, 0.29) is 22.6 Å². The Hall–Kier alpha value is -4.22. The van der Waals surface area contributed by atoms with Crippen molar-refractivity contribution >= 4 is 40.9 Å². The Morgan fingerprint density at radius 3 is 2.45 bits per heavy atom. The first-order chi connectivity index (χ1) is 15.9. The van der Waals surface area contributed by atoms with Crippen LogP contribution in [0, 0.1) is 23.0 Å². The molecular weight excluding hydrogens is 452 g/mol. The van der Waals surface area contributed by atoms with Crippen LogP contribution >= 0.6 is 11.6 Å². The zero-order valence-corrected chi connectivity index (χ0v) is 17.7. The molecule has 0 saturated heterocycles. The summed E-state index contributed by atoms with van der Waals surface area (Å²) >= 11 is 6.03. The molecule has 0 aromatic heterocycles. The van der Waals surface area contributed by atoms with E-state index in [4.69, 9.17) is 16.3 Å². The first-order valence-electron chi connectivity index (χ1n) is 9.51. The molecule has 0 spiro atoms. The fourth-order valence-corrected chi connectivity index (χ4v) is 2.87. The number of hydrogen-bond donors (Lipinski definition) is 2. The summed E-state index contributed by atoms with van der Waals surface area (Å²) in [6, 6.07) is 16.9. The second kappa shape index (κ2) is 10.9. The van der Waals surface area contributed by atoms with Crippen molar-refractivity contribution in [2.24, 2.45) is 0 Å². The van der Waals surface area contributed by atoms with Gasteiger partial charge in [0.1, 0.15) is 29.0 Å². The Bertz CT molecular complexity index is 1250. The van der Waals surface area contributed by atoms with Crippen LogP contribution in [0.2, 0.25) is 5.02 Å². The third kappa shape index (κ3) is 6.63. The minimum Gasteiger partial charge on any atom is -0.483 e. The van der Waals surface area contributed by atoms with Crippen LogP contribution in [0.15, 0.2) is 72.3 Å². The highest BCUT2D eigenvalue weighted by atomic mass is 35.5. The van der Waals surface area contributed by atoms with Crippen LogP contribution in [0.5, 0.6) is 5.75 Å². The van der Waals surface area contributed by atoms with E-state index in [1.165, 1.54) is 66.7 Å². The Morgan fingerprint density at radius 1 is 1.03 bits per heavy atom. The van der Waals surface area contributed by atoms with Crippen LogP contribution in [0.3, 0.4) is 0 Å². The number of benzene rings is 3. The van der Waals surface area contributed by atoms with Gasteiger partial charge in [0.05, 0.1) is 5.69 Å². The third-order valence-corrected chi connectivity index (χ3v) is 4.48. The topological polar surface area (TPSA) is 91.2 Å². The number of halogens is 3. The molecule has 0 aliphatic rings. The number of anilines is 2. The third-order valence-electron chi connectivity index (χ3n) is 4.25. The first-order valence-corrected chi connectivity index (χ1v) is 9.89. The maximum atomic E-state index is 13.7. The molecule has 0 aliphatic heterocycles. The molecule has 0 fully saturated rings.